The van der Waals surface area contributed by atoms with Crippen molar-refractivity contribution in [3.05, 3.63) is 107 Å². The van der Waals surface area contributed by atoms with Gasteiger partial charge < -0.3 is 5.11 Å². The van der Waals surface area contributed by atoms with Gasteiger partial charge in [-0.3, -0.25) is 19.2 Å². The normalized spacial score (nSPS) is 15.6. The van der Waals surface area contributed by atoms with Crippen molar-refractivity contribution in [3.63, 3.8) is 0 Å². The molecule has 0 saturated carbocycles. The molecule has 1 amide bonds. The largest absolute Gasteiger partial charge is 0.503 e. The van der Waals surface area contributed by atoms with E-state index in [1.165, 1.54) is 4.90 Å². The van der Waals surface area contributed by atoms with Gasteiger partial charge in [-0.25, -0.2) is 0 Å². The lowest BCUT2D eigenvalue weighted by molar-refractivity contribution is -0.117. The quantitative estimate of drug-likeness (QED) is 0.376. The third-order valence-electron chi connectivity index (χ3n) is 6.56. The Hall–Kier alpha value is -4.59. The van der Waals surface area contributed by atoms with E-state index in [4.69, 9.17) is 0 Å². The minimum absolute atomic E-state index is 0.00950. The second-order valence-corrected chi connectivity index (χ2v) is 9.48. The number of aromatic nitrogens is 4. The molecule has 1 aliphatic rings. The van der Waals surface area contributed by atoms with E-state index in [1.54, 1.807) is 35.9 Å². The summed E-state index contributed by atoms with van der Waals surface area (Å²) in [5, 5.41) is 23.7. The molecule has 1 aliphatic heterocycles. The molecule has 1 unspecified atom stereocenters. The number of aryl methyl sites for hydroxylation is 2. The molecule has 3 heterocycles. The third-order valence-corrected chi connectivity index (χ3v) is 6.56. The fraction of sp³-hybridized carbons (Fsp3) is 0.207. The van der Waals surface area contributed by atoms with Crippen LogP contribution >= 0.6 is 0 Å². The van der Waals surface area contributed by atoms with Crippen molar-refractivity contribution in [3.8, 4) is 11.3 Å². The summed E-state index contributed by atoms with van der Waals surface area (Å²) in [4.78, 5) is 28.4. The number of hydrogen-bond acceptors (Lipinski definition) is 6. The van der Waals surface area contributed by atoms with E-state index in [9.17, 15) is 14.7 Å². The maximum atomic E-state index is 13.7. The molecule has 8 nitrogen and oxygen atoms in total. The van der Waals surface area contributed by atoms with Crippen LogP contribution in [-0.2, 0) is 11.8 Å². The highest BCUT2D eigenvalue weighted by molar-refractivity contribution is 6.20. The number of Topliss-reactive ketones (excluding diaryl/α,β-unsaturated/α-hetero) is 1. The number of carbonyl (C=O) groups is 2. The van der Waals surface area contributed by atoms with Gasteiger partial charge in [-0.15, -0.1) is 5.10 Å². The molecule has 0 bridgehead atoms. The van der Waals surface area contributed by atoms with Crippen LogP contribution in [0.3, 0.4) is 0 Å². The van der Waals surface area contributed by atoms with Gasteiger partial charge in [-0.1, -0.05) is 62.4 Å². The molecule has 0 radical (unpaired) electrons. The minimum Gasteiger partial charge on any atom is -0.503 e. The molecular formula is C29H27N5O3. The smallest absolute Gasteiger partial charge is 0.295 e. The van der Waals surface area contributed by atoms with Crippen LogP contribution < -0.4 is 4.90 Å². The zero-order valence-electron chi connectivity index (χ0n) is 21.1. The van der Waals surface area contributed by atoms with Gasteiger partial charge in [0.15, 0.2) is 17.4 Å². The first-order valence-corrected chi connectivity index (χ1v) is 12.1. The zero-order valence-corrected chi connectivity index (χ0v) is 21.1. The lowest BCUT2D eigenvalue weighted by atomic mass is 9.91. The van der Waals surface area contributed by atoms with E-state index in [2.05, 4.69) is 29.1 Å². The van der Waals surface area contributed by atoms with Crippen LogP contribution in [0.4, 0.5) is 5.82 Å². The summed E-state index contributed by atoms with van der Waals surface area (Å²) in [6.45, 7) is 5.94. The molecule has 2 aromatic carbocycles. The Morgan fingerprint density at radius 3 is 2.22 bits per heavy atom. The fourth-order valence-electron chi connectivity index (χ4n) is 4.49. The first-order chi connectivity index (χ1) is 17.7. The minimum atomic E-state index is -0.875. The van der Waals surface area contributed by atoms with E-state index in [0.29, 0.717) is 22.7 Å². The van der Waals surface area contributed by atoms with Crippen LogP contribution in [0.25, 0.3) is 11.3 Å². The zero-order chi connectivity index (χ0) is 26.3. The second kappa shape index (κ2) is 9.46. The van der Waals surface area contributed by atoms with Crippen LogP contribution in [0.5, 0.6) is 0 Å². The summed E-state index contributed by atoms with van der Waals surface area (Å²) < 4.78 is 1.72. The van der Waals surface area contributed by atoms with E-state index < -0.39 is 23.5 Å². The van der Waals surface area contributed by atoms with E-state index in [1.807, 2.05) is 55.7 Å². The summed E-state index contributed by atoms with van der Waals surface area (Å²) >= 11 is 0. The molecule has 5 rings (SSSR count). The number of nitrogens with zero attached hydrogens (tertiary/aromatic N) is 5. The van der Waals surface area contributed by atoms with Gasteiger partial charge in [0.25, 0.3) is 5.91 Å². The van der Waals surface area contributed by atoms with Crippen molar-refractivity contribution in [2.75, 3.05) is 4.90 Å². The molecular weight excluding hydrogens is 466 g/mol. The molecule has 0 fully saturated rings. The summed E-state index contributed by atoms with van der Waals surface area (Å²) in [6.07, 6.45) is 1.86. The molecule has 1 atom stereocenters. The maximum absolute atomic E-state index is 13.7. The van der Waals surface area contributed by atoms with Gasteiger partial charge in [0.2, 0.25) is 0 Å². The Bertz CT molecular complexity index is 1500. The number of ketones is 1. The summed E-state index contributed by atoms with van der Waals surface area (Å²) in [7, 11) is 1.85. The van der Waals surface area contributed by atoms with Crippen LogP contribution in [0.15, 0.2) is 84.3 Å². The highest BCUT2D eigenvalue weighted by Crippen LogP contribution is 2.41. The summed E-state index contributed by atoms with van der Waals surface area (Å²) in [6, 6.07) is 19.1. The van der Waals surface area contributed by atoms with Gasteiger partial charge in [0, 0.05) is 24.4 Å². The lowest BCUT2D eigenvalue weighted by Crippen LogP contribution is -2.32. The van der Waals surface area contributed by atoms with Crippen molar-refractivity contribution in [1.82, 2.24) is 20.0 Å². The molecule has 0 saturated heterocycles. The predicted molar refractivity (Wildman–Crippen MR) is 140 cm³/mol. The number of amides is 1. The van der Waals surface area contributed by atoms with Gasteiger partial charge in [0.05, 0.1) is 23.0 Å². The van der Waals surface area contributed by atoms with E-state index in [0.717, 1.165) is 16.8 Å². The second-order valence-electron chi connectivity index (χ2n) is 9.48. The van der Waals surface area contributed by atoms with Crippen LogP contribution in [0.1, 0.15) is 53.0 Å². The fourth-order valence-corrected chi connectivity index (χ4v) is 4.49. The lowest BCUT2D eigenvalue weighted by Gasteiger charge is -2.25. The first-order valence-electron chi connectivity index (χ1n) is 12.1. The predicted octanol–water partition coefficient (Wildman–Crippen LogP) is 5.09. The van der Waals surface area contributed by atoms with Crippen LogP contribution in [0, 0.1) is 6.92 Å². The third kappa shape index (κ3) is 4.42. The SMILES string of the molecule is Cc1ccc(N2C(=O)C(O)=C(C(=O)c3ccc(C(C)C)cc3)C2c2ccc(-c3ccn(C)n3)cc2)nn1. The van der Waals surface area contributed by atoms with Crippen molar-refractivity contribution >= 4 is 17.5 Å². The van der Waals surface area contributed by atoms with Crippen molar-refractivity contribution in [2.24, 2.45) is 7.05 Å². The maximum Gasteiger partial charge on any atom is 0.295 e. The molecule has 2 aromatic heterocycles. The molecule has 186 valence electrons. The Balaban J connectivity index is 1.59. The van der Waals surface area contributed by atoms with Gasteiger partial charge in [-0.05, 0) is 42.2 Å². The molecule has 4 aromatic rings. The van der Waals surface area contributed by atoms with E-state index >= 15 is 0 Å². The number of aliphatic hydroxyl groups excluding tert-OH is 1. The van der Waals surface area contributed by atoms with Gasteiger partial charge >= 0.3 is 0 Å². The average molecular weight is 494 g/mol. The Kier molecular flexibility index (Phi) is 6.17. The first kappa shape index (κ1) is 24.1. The highest BCUT2D eigenvalue weighted by atomic mass is 16.3. The number of aliphatic hydroxyl groups is 1. The van der Waals surface area contributed by atoms with Gasteiger partial charge in [-0.2, -0.15) is 10.2 Å². The van der Waals surface area contributed by atoms with Crippen molar-refractivity contribution < 1.29 is 14.7 Å². The monoisotopic (exact) mass is 493 g/mol. The molecule has 0 spiro atoms. The molecule has 8 heteroatoms. The van der Waals surface area contributed by atoms with Crippen molar-refractivity contribution in [2.45, 2.75) is 32.7 Å². The molecule has 0 aliphatic carbocycles. The Labute approximate surface area is 214 Å². The number of anilines is 1. The molecule has 1 N–H and O–H groups in total. The standard InChI is InChI=1S/C29H27N5O3/c1-17(2)19-6-12-22(13-7-19)27(35)25-26(21-10-8-20(9-11-21)23-15-16-33(4)32-23)34(29(37)28(25)36)24-14-5-18(3)30-31-24/h5-17,26,36H,1-4H3. The van der Waals surface area contributed by atoms with E-state index in [-0.39, 0.29) is 11.4 Å². The topological polar surface area (TPSA) is 101 Å². The summed E-state index contributed by atoms with van der Waals surface area (Å²) in [5.74, 6) is -1.13. The summed E-state index contributed by atoms with van der Waals surface area (Å²) in [5.41, 5.74) is 4.53. The van der Waals surface area contributed by atoms with Crippen LogP contribution in [-0.4, -0.2) is 36.8 Å². The van der Waals surface area contributed by atoms with Crippen molar-refractivity contribution in [1.29, 1.82) is 0 Å². The number of hydrogen-bond donors (Lipinski definition) is 1. The Morgan fingerprint density at radius 2 is 1.65 bits per heavy atom. The van der Waals surface area contributed by atoms with Crippen LogP contribution in [0.2, 0.25) is 0 Å². The average Bonchev–Trinajstić information content (AvgIpc) is 3.45. The highest BCUT2D eigenvalue weighted by Gasteiger charge is 2.45. The number of benzene rings is 2. The number of rotatable bonds is 6. The number of carbonyl (C=O) groups excluding carboxylic acids is 2. The van der Waals surface area contributed by atoms with Gasteiger partial charge in [0.1, 0.15) is 0 Å². The molecule has 37 heavy (non-hydrogen) atoms. The Morgan fingerprint density at radius 1 is 0.946 bits per heavy atom.